The second-order valence-electron chi connectivity index (χ2n) is 7.75. The zero-order chi connectivity index (χ0) is 22.3. The monoisotopic (exact) mass is 432 g/mol. The highest BCUT2D eigenvalue weighted by Crippen LogP contribution is 2.31. The molecule has 1 N–H and O–H groups in total. The molecule has 1 amide bonds. The van der Waals surface area contributed by atoms with Crippen LogP contribution in [-0.4, -0.2) is 20.4 Å². The van der Waals surface area contributed by atoms with Gasteiger partial charge < -0.3 is 4.57 Å². The molecule has 0 fully saturated rings. The molecule has 1 aromatic carbocycles. The standard InChI is InChI=1S/C24H24N4O2S/c1-6-28-11-18(21(29)17-8-7-16(5)25-22(17)28)23(30)27-24-26-19(12-31-24)20-14(3)9-13(2)10-15(20)4/h7-12H,6H2,1-5H3,(H,26,27,30). The van der Waals surface area contributed by atoms with Crippen molar-refractivity contribution in [1.29, 1.82) is 0 Å². The molecule has 3 aromatic heterocycles. The molecule has 4 aromatic rings. The van der Waals surface area contributed by atoms with Crippen LogP contribution in [0.4, 0.5) is 5.13 Å². The van der Waals surface area contributed by atoms with Crippen LogP contribution in [0.3, 0.4) is 0 Å². The molecule has 0 radical (unpaired) electrons. The van der Waals surface area contributed by atoms with Crippen LogP contribution in [0.1, 0.15) is 39.7 Å². The van der Waals surface area contributed by atoms with Gasteiger partial charge in [-0.15, -0.1) is 11.3 Å². The minimum Gasteiger partial charge on any atom is -0.332 e. The van der Waals surface area contributed by atoms with Crippen LogP contribution >= 0.6 is 11.3 Å². The number of fused-ring (bicyclic) bond motifs is 1. The molecule has 7 heteroatoms. The van der Waals surface area contributed by atoms with Gasteiger partial charge in [0.2, 0.25) is 5.43 Å². The van der Waals surface area contributed by atoms with Crippen molar-refractivity contribution < 1.29 is 4.79 Å². The summed E-state index contributed by atoms with van der Waals surface area (Å²) in [4.78, 5) is 35.0. The second-order valence-corrected chi connectivity index (χ2v) is 8.61. The van der Waals surface area contributed by atoms with E-state index in [9.17, 15) is 9.59 Å². The number of aryl methyl sites for hydroxylation is 5. The van der Waals surface area contributed by atoms with Crippen molar-refractivity contribution in [2.24, 2.45) is 0 Å². The Bertz CT molecular complexity index is 1360. The number of benzene rings is 1. The van der Waals surface area contributed by atoms with Crippen molar-refractivity contribution in [3.8, 4) is 11.3 Å². The number of aromatic nitrogens is 3. The number of thiazole rings is 1. The Kier molecular flexibility index (Phi) is 5.45. The van der Waals surface area contributed by atoms with Gasteiger partial charge in [0, 0.05) is 29.4 Å². The van der Waals surface area contributed by atoms with Gasteiger partial charge in [0.1, 0.15) is 11.2 Å². The first-order valence-corrected chi connectivity index (χ1v) is 11.0. The Morgan fingerprint density at radius 3 is 2.48 bits per heavy atom. The third-order valence-electron chi connectivity index (χ3n) is 5.30. The largest absolute Gasteiger partial charge is 0.332 e. The number of nitrogens with zero attached hydrogens (tertiary/aromatic N) is 3. The summed E-state index contributed by atoms with van der Waals surface area (Å²) in [5, 5.41) is 5.63. The number of anilines is 1. The van der Waals surface area contributed by atoms with Gasteiger partial charge in [-0.25, -0.2) is 9.97 Å². The van der Waals surface area contributed by atoms with Gasteiger partial charge in [0.05, 0.1) is 11.1 Å². The van der Waals surface area contributed by atoms with Gasteiger partial charge in [0.25, 0.3) is 5.91 Å². The fourth-order valence-electron chi connectivity index (χ4n) is 3.96. The Morgan fingerprint density at radius 1 is 1.10 bits per heavy atom. The molecule has 0 unspecified atom stereocenters. The maximum Gasteiger partial charge on any atom is 0.262 e. The topological polar surface area (TPSA) is 76.9 Å². The van der Waals surface area contributed by atoms with E-state index < -0.39 is 5.91 Å². The van der Waals surface area contributed by atoms with Gasteiger partial charge in [-0.1, -0.05) is 17.7 Å². The van der Waals surface area contributed by atoms with Gasteiger partial charge in [-0.2, -0.15) is 0 Å². The fraction of sp³-hybridized carbons (Fsp3) is 0.250. The summed E-state index contributed by atoms with van der Waals surface area (Å²) in [7, 11) is 0. The van der Waals surface area contributed by atoms with E-state index in [1.807, 2.05) is 23.8 Å². The van der Waals surface area contributed by atoms with Crippen LogP contribution in [0.2, 0.25) is 0 Å². The maximum absolute atomic E-state index is 13.0. The number of rotatable bonds is 4. The predicted molar refractivity (Wildman–Crippen MR) is 126 cm³/mol. The Labute approximate surface area is 184 Å². The van der Waals surface area contributed by atoms with E-state index in [0.29, 0.717) is 22.7 Å². The summed E-state index contributed by atoms with van der Waals surface area (Å²) in [6.45, 7) is 10.6. The lowest BCUT2D eigenvalue weighted by molar-refractivity contribution is 0.102. The SMILES string of the molecule is CCn1cc(C(=O)Nc2nc(-c3c(C)cc(C)cc3C)cs2)c(=O)c2ccc(C)nc21. The molecule has 0 saturated heterocycles. The van der Waals surface area contributed by atoms with E-state index in [0.717, 1.165) is 28.1 Å². The van der Waals surface area contributed by atoms with Crippen molar-refractivity contribution in [3.63, 3.8) is 0 Å². The van der Waals surface area contributed by atoms with Crippen LogP contribution in [0, 0.1) is 27.7 Å². The van der Waals surface area contributed by atoms with Gasteiger partial charge in [-0.3, -0.25) is 14.9 Å². The van der Waals surface area contributed by atoms with E-state index in [1.54, 1.807) is 18.3 Å². The lowest BCUT2D eigenvalue weighted by atomic mass is 9.98. The number of carbonyl (C=O) groups excluding carboxylic acids is 1. The number of hydrogen-bond acceptors (Lipinski definition) is 5. The van der Waals surface area contributed by atoms with Crippen LogP contribution in [0.5, 0.6) is 0 Å². The summed E-state index contributed by atoms with van der Waals surface area (Å²) in [5.74, 6) is -0.465. The Balaban J connectivity index is 1.69. The van der Waals surface area contributed by atoms with Crippen molar-refractivity contribution in [1.82, 2.24) is 14.5 Å². The minimum atomic E-state index is -0.465. The normalized spacial score (nSPS) is 11.1. The molecule has 4 rings (SSSR count). The zero-order valence-corrected chi connectivity index (χ0v) is 19.1. The number of hydrogen-bond donors (Lipinski definition) is 1. The molecule has 158 valence electrons. The highest BCUT2D eigenvalue weighted by molar-refractivity contribution is 7.14. The molecule has 0 aliphatic heterocycles. The van der Waals surface area contributed by atoms with E-state index >= 15 is 0 Å². The minimum absolute atomic E-state index is 0.0828. The van der Waals surface area contributed by atoms with Gasteiger partial charge in [0.15, 0.2) is 5.13 Å². The Morgan fingerprint density at radius 2 is 1.81 bits per heavy atom. The summed E-state index contributed by atoms with van der Waals surface area (Å²) >= 11 is 1.35. The summed E-state index contributed by atoms with van der Waals surface area (Å²) in [6, 6.07) is 7.76. The number of amides is 1. The highest BCUT2D eigenvalue weighted by atomic mass is 32.1. The molecular formula is C24H24N4O2S. The summed E-state index contributed by atoms with van der Waals surface area (Å²) < 4.78 is 1.82. The van der Waals surface area contributed by atoms with E-state index in [-0.39, 0.29) is 11.0 Å². The number of carbonyl (C=O) groups is 1. The molecule has 0 atom stereocenters. The third kappa shape index (κ3) is 3.88. The molecular weight excluding hydrogens is 408 g/mol. The molecule has 0 aliphatic carbocycles. The third-order valence-corrected chi connectivity index (χ3v) is 6.06. The molecule has 3 heterocycles. The average Bonchev–Trinajstić information content (AvgIpc) is 3.15. The first-order chi connectivity index (χ1) is 14.8. The predicted octanol–water partition coefficient (Wildman–Crippen LogP) is 5.03. The maximum atomic E-state index is 13.0. The molecule has 31 heavy (non-hydrogen) atoms. The summed E-state index contributed by atoms with van der Waals surface area (Å²) in [6.07, 6.45) is 1.58. The number of nitrogens with one attached hydrogen (secondary N) is 1. The van der Waals surface area contributed by atoms with Crippen LogP contribution in [-0.2, 0) is 6.54 Å². The fourth-order valence-corrected chi connectivity index (χ4v) is 4.65. The number of pyridine rings is 2. The van der Waals surface area contributed by atoms with Gasteiger partial charge in [-0.05, 0) is 57.9 Å². The Hall–Kier alpha value is -3.32. The second kappa shape index (κ2) is 8.07. The summed E-state index contributed by atoms with van der Waals surface area (Å²) in [5.41, 5.74) is 6.55. The van der Waals surface area contributed by atoms with Crippen molar-refractivity contribution in [3.05, 3.63) is 74.0 Å². The molecule has 0 bridgehead atoms. The zero-order valence-electron chi connectivity index (χ0n) is 18.2. The quantitative estimate of drug-likeness (QED) is 0.491. The van der Waals surface area contributed by atoms with E-state index in [2.05, 4.69) is 48.2 Å². The molecule has 0 aliphatic rings. The van der Waals surface area contributed by atoms with E-state index in [4.69, 9.17) is 0 Å². The molecule has 0 spiro atoms. The lowest BCUT2D eigenvalue weighted by Gasteiger charge is -2.11. The van der Waals surface area contributed by atoms with Crippen LogP contribution in [0.25, 0.3) is 22.3 Å². The van der Waals surface area contributed by atoms with Crippen LogP contribution < -0.4 is 10.7 Å². The van der Waals surface area contributed by atoms with Crippen molar-refractivity contribution in [2.75, 3.05) is 5.32 Å². The first kappa shape index (κ1) is 20.9. The average molecular weight is 433 g/mol. The first-order valence-electron chi connectivity index (χ1n) is 10.1. The lowest BCUT2D eigenvalue weighted by Crippen LogP contribution is -2.24. The van der Waals surface area contributed by atoms with Crippen molar-refractivity contribution in [2.45, 2.75) is 41.2 Å². The van der Waals surface area contributed by atoms with Crippen LogP contribution in [0.15, 0.2) is 40.6 Å². The smallest absolute Gasteiger partial charge is 0.262 e. The molecule has 6 nitrogen and oxygen atoms in total. The molecule has 0 saturated carbocycles. The van der Waals surface area contributed by atoms with E-state index in [1.165, 1.54) is 16.9 Å². The van der Waals surface area contributed by atoms with Crippen molar-refractivity contribution >= 4 is 33.4 Å². The highest BCUT2D eigenvalue weighted by Gasteiger charge is 2.18. The van der Waals surface area contributed by atoms with Gasteiger partial charge >= 0.3 is 0 Å².